The molecule has 8 heteroatoms. The van der Waals surface area contributed by atoms with Crippen molar-refractivity contribution in [2.75, 3.05) is 26.8 Å². The maximum atomic E-state index is 13.1. The maximum Gasteiger partial charge on any atom is 0.343 e. The molecule has 0 spiro atoms. The summed E-state index contributed by atoms with van der Waals surface area (Å²) in [6.45, 7) is 9.59. The molecule has 1 aliphatic heterocycles. The van der Waals surface area contributed by atoms with E-state index in [2.05, 4.69) is 42.9 Å². The lowest BCUT2D eigenvalue weighted by Crippen LogP contribution is -2.29. The summed E-state index contributed by atoms with van der Waals surface area (Å²) in [5, 5.41) is 4.18. The van der Waals surface area contributed by atoms with Crippen LogP contribution in [0.2, 0.25) is 0 Å². The number of hydrogen-bond acceptors (Lipinski definition) is 6. The Morgan fingerprint density at radius 2 is 1.83 bits per heavy atom. The van der Waals surface area contributed by atoms with Gasteiger partial charge in [0.1, 0.15) is 11.3 Å². The Hall–Kier alpha value is -3.39. The van der Waals surface area contributed by atoms with Gasteiger partial charge in [0.25, 0.3) is 5.56 Å². The van der Waals surface area contributed by atoms with E-state index < -0.39 is 5.97 Å². The van der Waals surface area contributed by atoms with E-state index >= 15 is 0 Å². The zero-order valence-electron chi connectivity index (χ0n) is 22.0. The predicted octanol–water partition coefficient (Wildman–Crippen LogP) is 3.36. The number of hydrogen-bond donors (Lipinski definition) is 0. The summed E-state index contributed by atoms with van der Waals surface area (Å²) in [5.41, 5.74) is 7.17. The van der Waals surface area contributed by atoms with Crippen molar-refractivity contribution in [2.45, 2.75) is 53.1 Å². The second-order valence-corrected chi connectivity index (χ2v) is 9.68. The summed E-state index contributed by atoms with van der Waals surface area (Å²) in [7, 11) is 3.25. The molecule has 0 unspecified atom stereocenters. The first-order valence-electron chi connectivity index (χ1n) is 12.5. The molecule has 1 aromatic carbocycles. The lowest BCUT2D eigenvalue weighted by Gasteiger charge is -2.21. The molecule has 8 nitrogen and oxygen atoms in total. The Morgan fingerprint density at radius 3 is 2.56 bits per heavy atom. The van der Waals surface area contributed by atoms with Crippen LogP contribution < -0.4 is 10.3 Å². The van der Waals surface area contributed by atoms with Gasteiger partial charge in [0.15, 0.2) is 0 Å². The van der Waals surface area contributed by atoms with Crippen molar-refractivity contribution in [1.82, 2.24) is 19.2 Å². The molecule has 0 amide bonds. The molecule has 36 heavy (non-hydrogen) atoms. The van der Waals surface area contributed by atoms with Crippen LogP contribution in [-0.2, 0) is 37.7 Å². The van der Waals surface area contributed by atoms with Gasteiger partial charge in [-0.05, 0) is 61.4 Å². The van der Waals surface area contributed by atoms with Crippen molar-refractivity contribution in [3.63, 3.8) is 0 Å². The third kappa shape index (κ3) is 5.70. The first-order chi connectivity index (χ1) is 17.3. The van der Waals surface area contributed by atoms with Gasteiger partial charge in [-0.1, -0.05) is 12.1 Å². The first-order valence-corrected chi connectivity index (χ1v) is 12.5. The highest BCUT2D eigenvalue weighted by Crippen LogP contribution is 2.25. The Labute approximate surface area is 212 Å². The molecule has 0 atom stereocenters. The van der Waals surface area contributed by atoms with Crippen molar-refractivity contribution in [2.24, 2.45) is 7.05 Å². The van der Waals surface area contributed by atoms with Crippen molar-refractivity contribution >= 4 is 5.97 Å². The van der Waals surface area contributed by atoms with Crippen molar-refractivity contribution in [1.29, 1.82) is 0 Å². The molecule has 192 valence electrons. The van der Waals surface area contributed by atoms with E-state index in [1.54, 1.807) is 9.25 Å². The van der Waals surface area contributed by atoms with Crippen LogP contribution in [0, 0.1) is 20.8 Å². The summed E-state index contributed by atoms with van der Waals surface area (Å²) in [5.74, 6) is -0.165. The minimum absolute atomic E-state index is 0.149. The fourth-order valence-electron chi connectivity index (χ4n) is 4.88. The number of carbonyl (C=O) groups excluding carboxylic acids is 1. The zero-order valence-corrected chi connectivity index (χ0v) is 22.0. The highest BCUT2D eigenvalue weighted by atomic mass is 16.5. The Balaban J connectivity index is 1.52. The van der Waals surface area contributed by atoms with Gasteiger partial charge in [-0.25, -0.2) is 4.79 Å². The number of methoxy groups -OCH3 is 1. The van der Waals surface area contributed by atoms with Gasteiger partial charge >= 0.3 is 5.97 Å². The van der Waals surface area contributed by atoms with Crippen LogP contribution in [0.5, 0.6) is 5.75 Å². The minimum atomic E-state index is -0.473. The molecule has 3 aromatic rings. The number of ether oxygens (including phenoxy) is 2. The number of rotatable bonds is 8. The van der Waals surface area contributed by atoms with Gasteiger partial charge < -0.3 is 14.0 Å². The zero-order chi connectivity index (χ0) is 25.8. The summed E-state index contributed by atoms with van der Waals surface area (Å²) in [4.78, 5) is 28.2. The van der Waals surface area contributed by atoms with Gasteiger partial charge in [0.05, 0.1) is 19.9 Å². The van der Waals surface area contributed by atoms with Crippen LogP contribution in [0.3, 0.4) is 0 Å². The average Bonchev–Trinajstić information content (AvgIpc) is 3.14. The summed E-state index contributed by atoms with van der Waals surface area (Å²) in [6, 6.07) is 5.92. The Bertz CT molecular complexity index is 1310. The van der Waals surface area contributed by atoms with E-state index in [0.717, 1.165) is 38.0 Å². The number of pyridine rings is 1. The van der Waals surface area contributed by atoms with Crippen molar-refractivity contribution < 1.29 is 14.3 Å². The molecular weight excluding hydrogens is 456 g/mol. The molecule has 0 aliphatic carbocycles. The van der Waals surface area contributed by atoms with E-state index in [1.165, 1.54) is 35.4 Å². The Morgan fingerprint density at radius 1 is 1.06 bits per heavy atom. The molecule has 0 saturated heterocycles. The van der Waals surface area contributed by atoms with Gasteiger partial charge in [-0.15, -0.1) is 0 Å². The second-order valence-electron chi connectivity index (χ2n) is 9.68. The standard InChI is InChI=1S/C28H36N4O4/c1-19-13-21(3)23(14-20(19)2)18-31-9-8-24-27(28(34)35-5)25(15-26(33)32(24)11-10-31)36-12-6-7-22-16-29-30(4)17-22/h13-17H,6-12,18H2,1-5H3. The topological polar surface area (TPSA) is 78.6 Å². The van der Waals surface area contributed by atoms with Crippen LogP contribution in [0.15, 0.2) is 35.4 Å². The van der Waals surface area contributed by atoms with Crippen LogP contribution in [-0.4, -0.2) is 52.0 Å². The number of esters is 1. The van der Waals surface area contributed by atoms with Crippen LogP contribution >= 0.6 is 0 Å². The molecule has 0 radical (unpaired) electrons. The van der Waals surface area contributed by atoms with Gasteiger partial charge in [-0.2, -0.15) is 5.10 Å². The smallest absolute Gasteiger partial charge is 0.343 e. The average molecular weight is 493 g/mol. The van der Waals surface area contributed by atoms with Crippen molar-refractivity contribution in [3.05, 3.63) is 80.0 Å². The van der Waals surface area contributed by atoms with E-state index in [0.29, 0.717) is 36.6 Å². The Kier molecular flexibility index (Phi) is 7.94. The molecule has 2 aromatic heterocycles. The highest BCUT2D eigenvalue weighted by Gasteiger charge is 2.26. The minimum Gasteiger partial charge on any atom is -0.492 e. The maximum absolute atomic E-state index is 13.1. The normalized spacial score (nSPS) is 13.8. The second kappa shape index (κ2) is 11.1. The summed E-state index contributed by atoms with van der Waals surface area (Å²) in [6.07, 6.45) is 5.92. The number of aromatic nitrogens is 3. The number of fused-ring (bicyclic) bond motifs is 1. The SMILES string of the molecule is COC(=O)c1c(OCCCc2cnn(C)c2)cc(=O)n2c1CCN(Cc1cc(C)c(C)cc1C)CC2. The molecule has 3 heterocycles. The molecule has 0 saturated carbocycles. The van der Waals surface area contributed by atoms with E-state index in [9.17, 15) is 9.59 Å². The molecule has 4 rings (SSSR count). The summed E-state index contributed by atoms with van der Waals surface area (Å²) < 4.78 is 14.6. The lowest BCUT2D eigenvalue weighted by atomic mass is 10.0. The largest absolute Gasteiger partial charge is 0.492 e. The quantitative estimate of drug-likeness (QED) is 0.354. The third-order valence-electron chi connectivity index (χ3n) is 7.05. The van der Waals surface area contributed by atoms with Gasteiger partial charge in [-0.3, -0.25) is 14.4 Å². The fourth-order valence-corrected chi connectivity index (χ4v) is 4.88. The number of aryl methyl sites for hydroxylation is 5. The predicted molar refractivity (Wildman–Crippen MR) is 139 cm³/mol. The first kappa shape index (κ1) is 25.7. The monoisotopic (exact) mass is 492 g/mol. The van der Waals surface area contributed by atoms with Crippen molar-refractivity contribution in [3.8, 4) is 5.75 Å². The number of benzene rings is 1. The van der Waals surface area contributed by atoms with Crippen LogP contribution in [0.1, 0.15) is 50.3 Å². The molecule has 0 fully saturated rings. The van der Waals surface area contributed by atoms with E-state index in [-0.39, 0.29) is 5.56 Å². The van der Waals surface area contributed by atoms with Crippen LogP contribution in [0.25, 0.3) is 0 Å². The number of nitrogens with zero attached hydrogens (tertiary/aromatic N) is 4. The fraction of sp³-hybridized carbons (Fsp3) is 0.464. The highest BCUT2D eigenvalue weighted by molar-refractivity contribution is 5.93. The number of carbonyl (C=O) groups is 1. The molecule has 0 N–H and O–H groups in total. The van der Waals surface area contributed by atoms with Gasteiger partial charge in [0.2, 0.25) is 0 Å². The molecular formula is C28H36N4O4. The van der Waals surface area contributed by atoms with E-state index in [4.69, 9.17) is 9.47 Å². The third-order valence-corrected chi connectivity index (χ3v) is 7.05. The van der Waals surface area contributed by atoms with Crippen LogP contribution in [0.4, 0.5) is 0 Å². The summed E-state index contributed by atoms with van der Waals surface area (Å²) >= 11 is 0. The van der Waals surface area contributed by atoms with E-state index in [1.807, 2.05) is 19.4 Å². The molecule has 0 bridgehead atoms. The lowest BCUT2D eigenvalue weighted by molar-refractivity contribution is 0.0593. The molecule has 1 aliphatic rings. The van der Waals surface area contributed by atoms with Gasteiger partial charge in [0, 0.05) is 57.6 Å².